The largest absolute Gasteiger partial charge is 0.341 e. The first-order valence-electron chi connectivity index (χ1n) is 10.3. The first kappa shape index (κ1) is 19.8. The first-order valence-corrected chi connectivity index (χ1v) is 10.7. The van der Waals surface area contributed by atoms with Gasteiger partial charge >= 0.3 is 6.03 Å². The van der Waals surface area contributed by atoms with Crippen molar-refractivity contribution in [2.24, 2.45) is 0 Å². The van der Waals surface area contributed by atoms with E-state index in [9.17, 15) is 9.59 Å². The van der Waals surface area contributed by atoms with Crippen LogP contribution in [-0.2, 0) is 24.1 Å². The van der Waals surface area contributed by atoms with E-state index in [0.29, 0.717) is 43.3 Å². The van der Waals surface area contributed by atoms with E-state index < -0.39 is 0 Å². The molecule has 0 saturated carbocycles. The number of nitrogens with one attached hydrogen (secondary N) is 1. The van der Waals surface area contributed by atoms with Gasteiger partial charge in [-0.05, 0) is 60.6 Å². The molecule has 0 atom stereocenters. The fourth-order valence-corrected chi connectivity index (χ4v) is 4.35. The van der Waals surface area contributed by atoms with Crippen LogP contribution in [0.4, 0.5) is 10.5 Å². The maximum absolute atomic E-state index is 12.8. The fraction of sp³-hybridized carbons (Fsp3) is 0.391. The van der Waals surface area contributed by atoms with Gasteiger partial charge in [0.05, 0.1) is 6.42 Å². The van der Waals surface area contributed by atoms with E-state index in [2.05, 4.69) is 23.5 Å². The highest BCUT2D eigenvalue weighted by molar-refractivity contribution is 6.30. The van der Waals surface area contributed by atoms with Crippen LogP contribution in [0.2, 0.25) is 5.02 Å². The lowest BCUT2D eigenvalue weighted by Gasteiger charge is -2.22. The summed E-state index contributed by atoms with van der Waals surface area (Å²) >= 11 is 5.98. The number of benzene rings is 2. The average Bonchev–Trinajstić information content (AvgIpc) is 3.02. The van der Waals surface area contributed by atoms with E-state index >= 15 is 0 Å². The molecular formula is C23H26ClN3O2. The third kappa shape index (κ3) is 4.91. The number of anilines is 1. The van der Waals surface area contributed by atoms with Crippen LogP contribution in [0.25, 0.3) is 0 Å². The Hall–Kier alpha value is -2.53. The van der Waals surface area contributed by atoms with Crippen molar-refractivity contribution >= 4 is 29.2 Å². The van der Waals surface area contributed by atoms with Crippen LogP contribution >= 0.6 is 11.6 Å². The predicted octanol–water partition coefficient (Wildman–Crippen LogP) is 4.14. The molecule has 2 aromatic carbocycles. The second-order valence-corrected chi connectivity index (χ2v) is 8.23. The number of nitrogens with zero attached hydrogens (tertiary/aromatic N) is 2. The van der Waals surface area contributed by atoms with Gasteiger partial charge < -0.3 is 15.1 Å². The Morgan fingerprint density at radius 2 is 1.69 bits per heavy atom. The Morgan fingerprint density at radius 3 is 2.55 bits per heavy atom. The van der Waals surface area contributed by atoms with E-state index in [0.717, 1.165) is 24.8 Å². The summed E-state index contributed by atoms with van der Waals surface area (Å²) < 4.78 is 0. The quantitative estimate of drug-likeness (QED) is 0.825. The molecule has 0 radical (unpaired) electrons. The second kappa shape index (κ2) is 8.87. The maximum Gasteiger partial charge on any atom is 0.321 e. The molecule has 1 aliphatic heterocycles. The number of fused-ring (bicyclic) bond motifs is 1. The summed E-state index contributed by atoms with van der Waals surface area (Å²) in [7, 11) is 0. The molecule has 1 saturated heterocycles. The third-order valence-electron chi connectivity index (χ3n) is 5.73. The summed E-state index contributed by atoms with van der Waals surface area (Å²) in [5.41, 5.74) is 4.60. The molecule has 4 rings (SSSR count). The van der Waals surface area contributed by atoms with Crippen LogP contribution in [-0.4, -0.2) is 47.9 Å². The summed E-state index contributed by atoms with van der Waals surface area (Å²) in [5, 5.41) is 3.47. The Kier molecular flexibility index (Phi) is 6.05. The van der Waals surface area contributed by atoms with Crippen molar-refractivity contribution in [1.82, 2.24) is 9.80 Å². The molecule has 0 spiro atoms. The first-order chi connectivity index (χ1) is 14.1. The van der Waals surface area contributed by atoms with Crippen molar-refractivity contribution in [3.05, 3.63) is 64.2 Å². The van der Waals surface area contributed by atoms with Gasteiger partial charge in [0.2, 0.25) is 5.91 Å². The van der Waals surface area contributed by atoms with E-state index in [1.54, 1.807) is 23.1 Å². The molecule has 0 bridgehead atoms. The summed E-state index contributed by atoms with van der Waals surface area (Å²) in [6.07, 6.45) is 4.70. The zero-order valence-corrected chi connectivity index (χ0v) is 17.3. The van der Waals surface area contributed by atoms with Crippen molar-refractivity contribution in [2.75, 3.05) is 31.5 Å². The Labute approximate surface area is 176 Å². The SMILES string of the molecule is O=C(Cc1ccc2c(c1)CCC2)N1CCCN(C(=O)Nc2cccc(Cl)c2)CC1. The Morgan fingerprint density at radius 1 is 0.897 bits per heavy atom. The number of aryl methyl sites for hydroxylation is 2. The molecular weight excluding hydrogens is 386 g/mol. The maximum atomic E-state index is 12.8. The highest BCUT2D eigenvalue weighted by atomic mass is 35.5. The zero-order chi connectivity index (χ0) is 20.2. The highest BCUT2D eigenvalue weighted by Gasteiger charge is 2.22. The van der Waals surface area contributed by atoms with Crippen molar-refractivity contribution in [3.63, 3.8) is 0 Å². The Balaban J connectivity index is 1.32. The topological polar surface area (TPSA) is 52.7 Å². The van der Waals surface area contributed by atoms with Crippen molar-refractivity contribution < 1.29 is 9.59 Å². The van der Waals surface area contributed by atoms with Crippen molar-refractivity contribution in [1.29, 1.82) is 0 Å². The molecule has 1 fully saturated rings. The molecule has 0 unspecified atom stereocenters. The molecule has 152 valence electrons. The van der Waals surface area contributed by atoms with Gasteiger partial charge in [0.15, 0.2) is 0 Å². The smallest absolute Gasteiger partial charge is 0.321 e. The molecule has 29 heavy (non-hydrogen) atoms. The standard InChI is InChI=1S/C23H26ClN3O2/c24-20-6-2-7-21(16-20)25-23(29)27-11-3-10-26(12-13-27)22(28)15-17-8-9-18-4-1-5-19(18)14-17/h2,6-9,14,16H,1,3-5,10-13,15H2,(H,25,29). The molecule has 0 aromatic heterocycles. The number of halogens is 1. The van der Waals surface area contributed by atoms with Crippen molar-refractivity contribution in [3.8, 4) is 0 Å². The van der Waals surface area contributed by atoms with Crippen LogP contribution in [0.1, 0.15) is 29.5 Å². The average molecular weight is 412 g/mol. The minimum atomic E-state index is -0.153. The molecule has 1 aliphatic carbocycles. The monoisotopic (exact) mass is 411 g/mol. The van der Waals surface area contributed by atoms with E-state index in [1.165, 1.54) is 17.5 Å². The van der Waals surface area contributed by atoms with Gasteiger partial charge in [-0.15, -0.1) is 0 Å². The number of hydrogen-bond acceptors (Lipinski definition) is 2. The van der Waals surface area contributed by atoms with Crippen LogP contribution < -0.4 is 5.32 Å². The second-order valence-electron chi connectivity index (χ2n) is 7.80. The number of hydrogen-bond donors (Lipinski definition) is 1. The van der Waals surface area contributed by atoms with E-state index in [-0.39, 0.29) is 11.9 Å². The van der Waals surface area contributed by atoms with Crippen LogP contribution in [0, 0.1) is 0 Å². The van der Waals surface area contributed by atoms with Gasteiger partial charge in [-0.2, -0.15) is 0 Å². The molecule has 2 aromatic rings. The van der Waals surface area contributed by atoms with Crippen molar-refractivity contribution in [2.45, 2.75) is 32.1 Å². The minimum Gasteiger partial charge on any atom is -0.341 e. The summed E-state index contributed by atoms with van der Waals surface area (Å²) in [4.78, 5) is 29.0. The van der Waals surface area contributed by atoms with E-state index in [4.69, 9.17) is 11.6 Å². The molecule has 1 N–H and O–H groups in total. The fourth-order valence-electron chi connectivity index (χ4n) is 4.16. The van der Waals surface area contributed by atoms with Gasteiger partial charge in [-0.1, -0.05) is 35.9 Å². The highest BCUT2D eigenvalue weighted by Crippen LogP contribution is 2.23. The molecule has 5 nitrogen and oxygen atoms in total. The van der Waals surface area contributed by atoms with Crippen LogP contribution in [0.5, 0.6) is 0 Å². The van der Waals surface area contributed by atoms with Crippen LogP contribution in [0.15, 0.2) is 42.5 Å². The van der Waals surface area contributed by atoms with E-state index in [1.807, 2.05) is 11.0 Å². The Bertz CT molecular complexity index is 915. The molecule has 2 aliphatic rings. The van der Waals surface area contributed by atoms with Gasteiger partial charge in [-0.25, -0.2) is 4.79 Å². The van der Waals surface area contributed by atoms with Gasteiger partial charge in [-0.3, -0.25) is 4.79 Å². The molecule has 1 heterocycles. The lowest BCUT2D eigenvalue weighted by atomic mass is 10.0. The van der Waals surface area contributed by atoms with Crippen LogP contribution in [0.3, 0.4) is 0 Å². The number of rotatable bonds is 3. The lowest BCUT2D eigenvalue weighted by molar-refractivity contribution is -0.130. The number of amides is 3. The number of carbonyl (C=O) groups excluding carboxylic acids is 2. The van der Waals surface area contributed by atoms with Gasteiger partial charge in [0.25, 0.3) is 0 Å². The van der Waals surface area contributed by atoms with Gasteiger partial charge in [0, 0.05) is 36.9 Å². The summed E-state index contributed by atoms with van der Waals surface area (Å²) in [6.45, 7) is 2.41. The summed E-state index contributed by atoms with van der Waals surface area (Å²) in [6, 6.07) is 13.4. The predicted molar refractivity (Wildman–Crippen MR) is 115 cm³/mol. The summed E-state index contributed by atoms with van der Waals surface area (Å²) in [5.74, 6) is 0.139. The number of carbonyl (C=O) groups is 2. The third-order valence-corrected chi connectivity index (χ3v) is 5.97. The minimum absolute atomic E-state index is 0.139. The normalized spacial score (nSPS) is 16.3. The molecule has 3 amide bonds. The lowest BCUT2D eigenvalue weighted by Crippen LogP contribution is -2.39. The zero-order valence-electron chi connectivity index (χ0n) is 16.5. The van der Waals surface area contributed by atoms with Gasteiger partial charge in [0.1, 0.15) is 0 Å². The molecule has 6 heteroatoms. The number of urea groups is 1.